The van der Waals surface area contributed by atoms with Crippen LogP contribution in [-0.2, 0) is 14.3 Å². The summed E-state index contributed by atoms with van der Waals surface area (Å²) in [5.41, 5.74) is 2.70. The summed E-state index contributed by atoms with van der Waals surface area (Å²) in [6.07, 6.45) is 0. The van der Waals surface area contributed by atoms with E-state index in [2.05, 4.69) is 10.3 Å². The Morgan fingerprint density at radius 2 is 1.63 bits per heavy atom. The van der Waals surface area contributed by atoms with E-state index in [9.17, 15) is 14.4 Å². The fourth-order valence-corrected chi connectivity index (χ4v) is 4.11. The van der Waals surface area contributed by atoms with Gasteiger partial charge < -0.3 is 14.8 Å². The lowest BCUT2D eigenvalue weighted by Gasteiger charge is -2.11. The average Bonchev–Trinajstić information content (AvgIpc) is 2.90. The van der Waals surface area contributed by atoms with Gasteiger partial charge in [-0.15, -0.1) is 0 Å². The molecule has 0 aliphatic heterocycles. The van der Waals surface area contributed by atoms with Crippen LogP contribution in [0.15, 0.2) is 72.8 Å². The molecule has 4 rings (SSSR count). The SMILES string of the molecule is CC(C)COC(=O)c1ccc(NC(=O)COC(=O)c2cc(-c3ccc(Cl)cc3Cl)nc3ccccc23)cc1. The maximum atomic E-state index is 13.0. The molecule has 194 valence electrons. The Balaban J connectivity index is 1.45. The molecule has 1 N–H and O–H groups in total. The van der Waals surface area contributed by atoms with Crippen LogP contribution >= 0.6 is 23.2 Å². The molecular formula is C29H24Cl2N2O5. The highest BCUT2D eigenvalue weighted by Crippen LogP contribution is 2.32. The Morgan fingerprint density at radius 3 is 2.34 bits per heavy atom. The third-order valence-electron chi connectivity index (χ3n) is 5.43. The fraction of sp³-hybridized carbons (Fsp3) is 0.172. The van der Waals surface area contributed by atoms with Crippen LogP contribution in [0.25, 0.3) is 22.2 Å². The summed E-state index contributed by atoms with van der Waals surface area (Å²) < 4.78 is 10.5. The first-order valence-electron chi connectivity index (χ1n) is 11.8. The van der Waals surface area contributed by atoms with Gasteiger partial charge in [-0.1, -0.05) is 55.2 Å². The first-order valence-corrected chi connectivity index (χ1v) is 12.6. The van der Waals surface area contributed by atoms with Crippen molar-refractivity contribution in [2.45, 2.75) is 13.8 Å². The van der Waals surface area contributed by atoms with Gasteiger partial charge in [-0.25, -0.2) is 14.6 Å². The lowest BCUT2D eigenvalue weighted by atomic mass is 10.0. The van der Waals surface area contributed by atoms with Crippen molar-refractivity contribution >= 4 is 57.6 Å². The lowest BCUT2D eigenvalue weighted by molar-refractivity contribution is -0.119. The van der Waals surface area contributed by atoms with E-state index in [1.165, 1.54) is 0 Å². The predicted octanol–water partition coefficient (Wildman–Crippen LogP) is 6.82. The van der Waals surface area contributed by atoms with E-state index < -0.39 is 24.5 Å². The normalized spacial score (nSPS) is 10.9. The number of amides is 1. The van der Waals surface area contributed by atoms with E-state index in [4.69, 9.17) is 32.7 Å². The van der Waals surface area contributed by atoms with Gasteiger partial charge in [-0.3, -0.25) is 4.79 Å². The predicted molar refractivity (Wildman–Crippen MR) is 148 cm³/mol. The maximum Gasteiger partial charge on any atom is 0.339 e. The molecule has 7 nitrogen and oxygen atoms in total. The number of hydrogen-bond acceptors (Lipinski definition) is 6. The molecule has 0 spiro atoms. The molecule has 0 saturated carbocycles. The minimum absolute atomic E-state index is 0.229. The summed E-state index contributed by atoms with van der Waals surface area (Å²) in [4.78, 5) is 42.2. The molecule has 1 amide bonds. The molecule has 0 aliphatic rings. The quantitative estimate of drug-likeness (QED) is 0.242. The molecule has 38 heavy (non-hydrogen) atoms. The molecule has 1 aromatic heterocycles. The van der Waals surface area contributed by atoms with Crippen molar-refractivity contribution in [3.63, 3.8) is 0 Å². The van der Waals surface area contributed by atoms with Crippen LogP contribution in [0.3, 0.4) is 0 Å². The monoisotopic (exact) mass is 550 g/mol. The second-order valence-electron chi connectivity index (χ2n) is 8.89. The van der Waals surface area contributed by atoms with E-state index >= 15 is 0 Å². The third-order valence-corrected chi connectivity index (χ3v) is 5.98. The number of aromatic nitrogens is 1. The Labute approximate surface area is 229 Å². The van der Waals surface area contributed by atoms with Crippen molar-refractivity contribution in [1.29, 1.82) is 0 Å². The topological polar surface area (TPSA) is 94.6 Å². The zero-order valence-electron chi connectivity index (χ0n) is 20.7. The molecule has 0 bridgehead atoms. The third kappa shape index (κ3) is 6.68. The minimum atomic E-state index is -0.687. The number of rotatable bonds is 8. The molecule has 0 atom stereocenters. The number of carbonyl (C=O) groups is 3. The van der Waals surface area contributed by atoms with Gasteiger partial charge in [0.05, 0.1) is 34.0 Å². The second-order valence-corrected chi connectivity index (χ2v) is 9.73. The van der Waals surface area contributed by atoms with Crippen LogP contribution in [0.1, 0.15) is 34.6 Å². The summed E-state index contributed by atoms with van der Waals surface area (Å²) in [5.74, 6) is -1.43. The van der Waals surface area contributed by atoms with Gasteiger partial charge in [0.2, 0.25) is 0 Å². The standard InChI is InChI=1S/C29H24Cl2N2O5/c1-17(2)15-37-28(35)18-7-10-20(11-8-18)32-27(34)16-38-29(36)23-14-26(22-12-9-19(30)13-24(22)31)33-25-6-4-3-5-21(23)25/h3-14,17H,15-16H2,1-2H3,(H,32,34). The van der Waals surface area contributed by atoms with E-state index in [-0.39, 0.29) is 11.5 Å². The number of para-hydroxylation sites is 1. The molecular weight excluding hydrogens is 527 g/mol. The Bertz CT molecular complexity index is 1500. The van der Waals surface area contributed by atoms with Crippen LogP contribution in [0.5, 0.6) is 0 Å². The smallest absolute Gasteiger partial charge is 0.339 e. The number of fused-ring (bicyclic) bond motifs is 1. The zero-order valence-corrected chi connectivity index (χ0v) is 22.2. The van der Waals surface area contributed by atoms with Crippen molar-refractivity contribution in [3.05, 3.63) is 94.0 Å². The molecule has 0 unspecified atom stereocenters. The number of nitrogens with zero attached hydrogens (tertiary/aromatic N) is 1. The van der Waals surface area contributed by atoms with Gasteiger partial charge in [0.1, 0.15) is 0 Å². The molecule has 9 heteroatoms. The molecule has 0 aliphatic carbocycles. The minimum Gasteiger partial charge on any atom is -0.462 e. The first kappa shape index (κ1) is 27.1. The van der Waals surface area contributed by atoms with Crippen molar-refractivity contribution in [2.24, 2.45) is 5.92 Å². The first-order chi connectivity index (χ1) is 18.2. The number of halogens is 2. The highest BCUT2D eigenvalue weighted by Gasteiger charge is 2.18. The van der Waals surface area contributed by atoms with E-state index in [1.54, 1.807) is 72.8 Å². The number of hydrogen-bond donors (Lipinski definition) is 1. The molecule has 3 aromatic carbocycles. The highest BCUT2D eigenvalue weighted by atomic mass is 35.5. The van der Waals surface area contributed by atoms with E-state index in [0.717, 1.165) is 0 Å². The number of anilines is 1. The van der Waals surface area contributed by atoms with Crippen LogP contribution in [0.2, 0.25) is 10.0 Å². The number of carbonyl (C=O) groups excluding carboxylic acids is 3. The van der Waals surface area contributed by atoms with E-state index in [1.807, 2.05) is 13.8 Å². The Hall–Kier alpha value is -3.94. The van der Waals surface area contributed by atoms with Crippen molar-refractivity contribution in [2.75, 3.05) is 18.5 Å². The molecule has 0 saturated heterocycles. The van der Waals surface area contributed by atoms with Crippen LogP contribution in [0.4, 0.5) is 5.69 Å². The van der Waals surface area contributed by atoms with Gasteiger partial charge in [0, 0.05) is 21.7 Å². The largest absolute Gasteiger partial charge is 0.462 e. The second kappa shape index (κ2) is 12.1. The zero-order chi connectivity index (χ0) is 27.2. The van der Waals surface area contributed by atoms with Crippen LogP contribution in [-0.4, -0.2) is 36.0 Å². The number of esters is 2. The average molecular weight is 551 g/mol. The van der Waals surface area contributed by atoms with Crippen molar-refractivity contribution in [3.8, 4) is 11.3 Å². The number of nitrogens with one attached hydrogen (secondary N) is 1. The molecule has 0 fully saturated rings. The van der Waals surface area contributed by atoms with E-state index in [0.29, 0.717) is 50.1 Å². The van der Waals surface area contributed by atoms with Crippen molar-refractivity contribution < 1.29 is 23.9 Å². The van der Waals surface area contributed by atoms with Gasteiger partial charge in [-0.05, 0) is 60.5 Å². The van der Waals surface area contributed by atoms with Gasteiger partial charge in [0.25, 0.3) is 5.91 Å². The summed E-state index contributed by atoms with van der Waals surface area (Å²) in [7, 11) is 0. The molecule has 4 aromatic rings. The lowest BCUT2D eigenvalue weighted by Crippen LogP contribution is -2.21. The van der Waals surface area contributed by atoms with Crippen molar-refractivity contribution in [1.82, 2.24) is 4.98 Å². The summed E-state index contributed by atoms with van der Waals surface area (Å²) in [6.45, 7) is 3.71. The van der Waals surface area contributed by atoms with Crippen LogP contribution < -0.4 is 5.32 Å². The van der Waals surface area contributed by atoms with Gasteiger partial charge >= 0.3 is 11.9 Å². The molecule has 1 heterocycles. The Kier molecular flexibility index (Phi) is 8.61. The highest BCUT2D eigenvalue weighted by molar-refractivity contribution is 6.36. The summed E-state index contributed by atoms with van der Waals surface area (Å²) in [5, 5.41) is 4.08. The fourth-order valence-electron chi connectivity index (χ4n) is 3.60. The summed E-state index contributed by atoms with van der Waals surface area (Å²) in [6, 6.07) is 19.9. The molecule has 0 radical (unpaired) electrons. The van der Waals surface area contributed by atoms with Gasteiger partial charge in [-0.2, -0.15) is 0 Å². The number of pyridine rings is 1. The van der Waals surface area contributed by atoms with Gasteiger partial charge in [0.15, 0.2) is 6.61 Å². The number of ether oxygens (including phenoxy) is 2. The maximum absolute atomic E-state index is 13.0. The van der Waals surface area contributed by atoms with Crippen LogP contribution in [0, 0.1) is 5.92 Å². The number of benzene rings is 3. The Morgan fingerprint density at radius 1 is 0.895 bits per heavy atom. The summed E-state index contributed by atoms with van der Waals surface area (Å²) >= 11 is 12.4.